The standard InChI is InChI=1S/C19H21N3O6/c20-12-6-9-15(21-19(24)27-13-14-7-2-1-3-8-14)18(23)28-17-11-5-4-10-16(17)22(25)26/h1-5,7-8,10-11,15H,6,9,12-13,20H2,(H,21,24)/t15-/m1/s1. The van der Waals surface area contributed by atoms with Crippen LogP contribution in [0, 0.1) is 10.1 Å². The summed E-state index contributed by atoms with van der Waals surface area (Å²) in [6.07, 6.45) is -0.156. The van der Waals surface area contributed by atoms with Crippen molar-refractivity contribution in [1.29, 1.82) is 0 Å². The lowest BCUT2D eigenvalue weighted by molar-refractivity contribution is -0.385. The van der Waals surface area contributed by atoms with E-state index < -0.39 is 23.0 Å². The predicted molar refractivity (Wildman–Crippen MR) is 101 cm³/mol. The van der Waals surface area contributed by atoms with Gasteiger partial charge in [0.2, 0.25) is 5.75 Å². The minimum atomic E-state index is -1.05. The number of nitro benzene ring substituents is 1. The maximum atomic E-state index is 12.4. The third-order valence-corrected chi connectivity index (χ3v) is 3.76. The van der Waals surface area contributed by atoms with Crippen molar-refractivity contribution < 1.29 is 24.0 Å². The van der Waals surface area contributed by atoms with Crippen LogP contribution in [-0.2, 0) is 16.1 Å². The van der Waals surface area contributed by atoms with Crippen LogP contribution in [0.5, 0.6) is 5.75 Å². The SMILES string of the molecule is NCCC[C@@H](NC(=O)OCc1ccccc1)C(=O)Oc1ccccc1[N+](=O)[O-]. The van der Waals surface area contributed by atoms with Crippen molar-refractivity contribution in [2.75, 3.05) is 6.54 Å². The number of carbonyl (C=O) groups excluding carboxylic acids is 2. The van der Waals surface area contributed by atoms with Crippen LogP contribution in [0.4, 0.5) is 10.5 Å². The Hall–Kier alpha value is -3.46. The molecule has 0 fully saturated rings. The van der Waals surface area contributed by atoms with Crippen LogP contribution in [0.25, 0.3) is 0 Å². The minimum absolute atomic E-state index is 0.0372. The molecule has 148 valence electrons. The van der Waals surface area contributed by atoms with Gasteiger partial charge in [-0.05, 0) is 31.0 Å². The van der Waals surface area contributed by atoms with Gasteiger partial charge in [0, 0.05) is 6.07 Å². The minimum Gasteiger partial charge on any atom is -0.445 e. The highest BCUT2D eigenvalue weighted by Gasteiger charge is 2.26. The zero-order valence-electron chi connectivity index (χ0n) is 15.1. The first-order valence-corrected chi connectivity index (χ1v) is 8.63. The second-order valence-corrected chi connectivity index (χ2v) is 5.84. The molecule has 1 amide bonds. The number of rotatable bonds is 9. The molecule has 28 heavy (non-hydrogen) atoms. The smallest absolute Gasteiger partial charge is 0.408 e. The van der Waals surface area contributed by atoms with Crippen molar-refractivity contribution >= 4 is 17.7 Å². The van der Waals surface area contributed by atoms with E-state index in [1.807, 2.05) is 18.2 Å². The van der Waals surface area contributed by atoms with Crippen LogP contribution in [0.1, 0.15) is 18.4 Å². The Balaban J connectivity index is 2.00. The molecule has 0 aliphatic carbocycles. The summed E-state index contributed by atoms with van der Waals surface area (Å²) < 4.78 is 10.2. The molecule has 3 N–H and O–H groups in total. The molecular formula is C19H21N3O6. The lowest BCUT2D eigenvalue weighted by Crippen LogP contribution is -2.43. The Morgan fingerprint density at radius 2 is 1.79 bits per heavy atom. The second-order valence-electron chi connectivity index (χ2n) is 5.84. The number of carbonyl (C=O) groups is 2. The van der Waals surface area contributed by atoms with Gasteiger partial charge in [-0.2, -0.15) is 0 Å². The number of nitrogens with two attached hydrogens (primary N) is 1. The Morgan fingerprint density at radius 3 is 2.46 bits per heavy atom. The topological polar surface area (TPSA) is 134 Å². The number of nitro groups is 1. The molecule has 9 heteroatoms. The van der Waals surface area contributed by atoms with Crippen LogP contribution in [-0.4, -0.2) is 29.6 Å². The van der Waals surface area contributed by atoms with Gasteiger partial charge in [-0.3, -0.25) is 10.1 Å². The maximum absolute atomic E-state index is 12.4. The quantitative estimate of drug-likeness (QED) is 0.292. The molecule has 1 atom stereocenters. The Morgan fingerprint density at radius 1 is 1.11 bits per heavy atom. The van der Waals surface area contributed by atoms with Gasteiger partial charge in [0.1, 0.15) is 12.6 Å². The lowest BCUT2D eigenvalue weighted by Gasteiger charge is -2.17. The fraction of sp³-hybridized carbons (Fsp3) is 0.263. The van der Waals surface area contributed by atoms with Gasteiger partial charge in [-0.15, -0.1) is 0 Å². The molecule has 0 heterocycles. The summed E-state index contributed by atoms with van der Waals surface area (Å²) in [7, 11) is 0. The van der Waals surface area contributed by atoms with Gasteiger partial charge in [-0.1, -0.05) is 42.5 Å². The lowest BCUT2D eigenvalue weighted by atomic mass is 10.1. The molecule has 0 saturated carbocycles. The first-order valence-electron chi connectivity index (χ1n) is 8.63. The van der Waals surface area contributed by atoms with Gasteiger partial charge in [0.15, 0.2) is 0 Å². The highest BCUT2D eigenvalue weighted by molar-refractivity contribution is 5.83. The third-order valence-electron chi connectivity index (χ3n) is 3.76. The second kappa shape index (κ2) is 10.6. The monoisotopic (exact) mass is 387 g/mol. The zero-order valence-corrected chi connectivity index (χ0v) is 15.1. The molecule has 9 nitrogen and oxygen atoms in total. The molecule has 0 unspecified atom stereocenters. The predicted octanol–water partition coefficient (Wildman–Crippen LogP) is 2.53. The molecule has 2 aromatic rings. The number of alkyl carbamates (subject to hydrolysis) is 1. The van der Waals surface area contributed by atoms with E-state index in [1.54, 1.807) is 12.1 Å². The first kappa shape index (κ1) is 20.8. The van der Waals surface area contributed by atoms with Gasteiger partial charge >= 0.3 is 17.7 Å². The normalized spacial score (nSPS) is 11.3. The fourth-order valence-corrected chi connectivity index (χ4v) is 2.35. The van der Waals surface area contributed by atoms with Crippen LogP contribution in [0.2, 0.25) is 0 Å². The summed E-state index contributed by atoms with van der Waals surface area (Å²) >= 11 is 0. The largest absolute Gasteiger partial charge is 0.445 e. The van der Waals surface area contributed by atoms with E-state index in [4.69, 9.17) is 15.2 Å². The zero-order chi connectivity index (χ0) is 20.4. The van der Waals surface area contributed by atoms with Crippen molar-refractivity contribution in [1.82, 2.24) is 5.32 Å². The van der Waals surface area contributed by atoms with Crippen molar-refractivity contribution in [3.05, 3.63) is 70.3 Å². The molecular weight excluding hydrogens is 366 g/mol. The van der Waals surface area contributed by atoms with Gasteiger partial charge < -0.3 is 20.5 Å². The highest BCUT2D eigenvalue weighted by Crippen LogP contribution is 2.26. The number of para-hydroxylation sites is 2. The fourth-order valence-electron chi connectivity index (χ4n) is 2.35. The summed E-state index contributed by atoms with van der Waals surface area (Å²) in [6, 6.07) is 13.5. The third kappa shape index (κ3) is 6.36. The number of ether oxygens (including phenoxy) is 2. The number of hydrogen-bond donors (Lipinski definition) is 2. The van der Waals surface area contributed by atoms with Crippen LogP contribution in [0.3, 0.4) is 0 Å². The molecule has 0 spiro atoms. The summed E-state index contributed by atoms with van der Waals surface area (Å²) in [6.45, 7) is 0.339. The molecule has 2 rings (SSSR count). The average Bonchev–Trinajstić information content (AvgIpc) is 2.70. The number of nitrogens with zero attached hydrogens (tertiary/aromatic N) is 1. The van der Waals surface area contributed by atoms with E-state index >= 15 is 0 Å². The van der Waals surface area contributed by atoms with E-state index in [1.165, 1.54) is 24.3 Å². The Kier molecular flexibility index (Phi) is 7.92. The molecule has 0 aromatic heterocycles. The number of hydrogen-bond acceptors (Lipinski definition) is 7. The van der Waals surface area contributed by atoms with E-state index in [9.17, 15) is 19.7 Å². The molecule has 0 saturated heterocycles. The van der Waals surface area contributed by atoms with Crippen molar-refractivity contribution in [2.24, 2.45) is 5.73 Å². The van der Waals surface area contributed by atoms with Gasteiger partial charge in [0.25, 0.3) is 0 Å². The van der Waals surface area contributed by atoms with E-state index in [0.29, 0.717) is 13.0 Å². The number of esters is 1. The van der Waals surface area contributed by atoms with Crippen LogP contribution < -0.4 is 15.8 Å². The molecule has 0 aliphatic rings. The van der Waals surface area contributed by atoms with E-state index in [-0.39, 0.29) is 24.5 Å². The molecule has 0 bridgehead atoms. The first-order chi connectivity index (χ1) is 13.5. The van der Waals surface area contributed by atoms with Crippen LogP contribution >= 0.6 is 0 Å². The van der Waals surface area contributed by atoms with E-state index in [0.717, 1.165) is 5.56 Å². The van der Waals surface area contributed by atoms with Gasteiger partial charge in [-0.25, -0.2) is 9.59 Å². The van der Waals surface area contributed by atoms with Crippen molar-refractivity contribution in [3.8, 4) is 5.75 Å². The molecule has 0 aliphatic heterocycles. The summed E-state index contributed by atoms with van der Waals surface area (Å²) in [5.41, 5.74) is 5.92. The number of nitrogens with one attached hydrogen (secondary N) is 1. The maximum Gasteiger partial charge on any atom is 0.408 e. The van der Waals surface area contributed by atoms with Crippen molar-refractivity contribution in [3.63, 3.8) is 0 Å². The van der Waals surface area contributed by atoms with Crippen molar-refractivity contribution in [2.45, 2.75) is 25.5 Å². The number of benzene rings is 2. The summed E-state index contributed by atoms with van der Waals surface area (Å²) in [4.78, 5) is 34.9. The highest BCUT2D eigenvalue weighted by atomic mass is 16.6. The molecule has 2 aromatic carbocycles. The number of amides is 1. The Labute approximate surface area is 161 Å². The average molecular weight is 387 g/mol. The summed E-state index contributed by atoms with van der Waals surface area (Å²) in [5.74, 6) is -1.03. The Bertz CT molecular complexity index is 812. The van der Waals surface area contributed by atoms with Crippen LogP contribution in [0.15, 0.2) is 54.6 Å². The summed E-state index contributed by atoms with van der Waals surface area (Å²) in [5, 5.41) is 13.5. The van der Waals surface area contributed by atoms with E-state index in [2.05, 4.69) is 5.32 Å². The molecule has 0 radical (unpaired) electrons. The van der Waals surface area contributed by atoms with Gasteiger partial charge in [0.05, 0.1) is 4.92 Å².